The Morgan fingerprint density at radius 2 is 1.91 bits per heavy atom. The minimum Gasteiger partial charge on any atom is -0.396 e. The van der Waals surface area contributed by atoms with Crippen LogP contribution in [0, 0.1) is 5.92 Å². The number of hydrogen-bond acceptors (Lipinski definition) is 2. The maximum atomic E-state index is 8.88. The topological polar surface area (TPSA) is 23.5 Å². The van der Waals surface area contributed by atoms with Crippen LogP contribution in [0.3, 0.4) is 0 Å². The van der Waals surface area contributed by atoms with Gasteiger partial charge in [0.15, 0.2) is 0 Å². The lowest BCUT2D eigenvalue weighted by Gasteiger charge is -2.26. The van der Waals surface area contributed by atoms with Gasteiger partial charge < -0.3 is 10.0 Å². The standard InChI is InChI=1S/C9H17NO/c11-7-8-6-9(8)10-4-2-1-3-5-10/h8-9,11H,1-7H2. The molecule has 2 rings (SSSR count). The first-order chi connectivity index (χ1) is 5.42. The van der Waals surface area contributed by atoms with Crippen molar-refractivity contribution in [3.63, 3.8) is 0 Å². The molecule has 1 N–H and O–H groups in total. The average molecular weight is 155 g/mol. The van der Waals surface area contributed by atoms with Crippen molar-refractivity contribution in [2.75, 3.05) is 19.7 Å². The fourth-order valence-electron chi connectivity index (χ4n) is 2.13. The first-order valence-corrected chi connectivity index (χ1v) is 4.76. The lowest BCUT2D eigenvalue weighted by Crippen LogP contribution is -2.32. The zero-order valence-corrected chi connectivity index (χ0v) is 7.00. The Morgan fingerprint density at radius 1 is 1.18 bits per heavy atom. The Kier molecular flexibility index (Phi) is 2.14. The Balaban J connectivity index is 1.77. The third-order valence-electron chi connectivity index (χ3n) is 2.98. The molecule has 0 bridgehead atoms. The van der Waals surface area contributed by atoms with E-state index in [-0.39, 0.29) is 0 Å². The molecule has 2 nitrogen and oxygen atoms in total. The van der Waals surface area contributed by atoms with Gasteiger partial charge in [-0.1, -0.05) is 6.42 Å². The smallest absolute Gasteiger partial charge is 0.0474 e. The monoisotopic (exact) mass is 155 g/mol. The molecule has 0 spiro atoms. The Labute approximate surface area is 68.2 Å². The van der Waals surface area contributed by atoms with Crippen LogP contribution in [0.25, 0.3) is 0 Å². The van der Waals surface area contributed by atoms with Crippen LogP contribution in [-0.2, 0) is 0 Å². The normalized spacial score (nSPS) is 39.0. The van der Waals surface area contributed by atoms with Gasteiger partial charge in [0, 0.05) is 12.6 Å². The first kappa shape index (κ1) is 7.56. The molecule has 11 heavy (non-hydrogen) atoms. The van der Waals surface area contributed by atoms with Crippen LogP contribution in [0.1, 0.15) is 25.7 Å². The molecule has 2 aliphatic rings. The summed E-state index contributed by atoms with van der Waals surface area (Å²) in [6.07, 6.45) is 5.40. The summed E-state index contributed by atoms with van der Waals surface area (Å²) >= 11 is 0. The van der Waals surface area contributed by atoms with Crippen molar-refractivity contribution < 1.29 is 5.11 Å². The molecule has 1 saturated carbocycles. The van der Waals surface area contributed by atoms with Crippen LogP contribution in [0.2, 0.25) is 0 Å². The lowest BCUT2D eigenvalue weighted by molar-refractivity contribution is 0.189. The second-order valence-electron chi connectivity index (χ2n) is 3.84. The van der Waals surface area contributed by atoms with E-state index in [4.69, 9.17) is 5.11 Å². The zero-order valence-electron chi connectivity index (χ0n) is 7.00. The molecule has 0 amide bonds. The quantitative estimate of drug-likeness (QED) is 0.639. The minimum atomic E-state index is 0.404. The third kappa shape index (κ3) is 1.57. The van der Waals surface area contributed by atoms with Gasteiger partial charge in [-0.25, -0.2) is 0 Å². The molecule has 1 aliphatic carbocycles. The van der Waals surface area contributed by atoms with Crippen LogP contribution in [-0.4, -0.2) is 35.7 Å². The van der Waals surface area contributed by atoms with Gasteiger partial charge in [0.2, 0.25) is 0 Å². The SMILES string of the molecule is OCC1CC1N1CCCCC1. The van der Waals surface area contributed by atoms with Gasteiger partial charge in [-0.15, -0.1) is 0 Å². The van der Waals surface area contributed by atoms with E-state index in [1.54, 1.807) is 0 Å². The highest BCUT2D eigenvalue weighted by Crippen LogP contribution is 2.36. The van der Waals surface area contributed by atoms with Crippen molar-refractivity contribution in [3.05, 3.63) is 0 Å². The molecule has 0 aromatic heterocycles. The number of piperidine rings is 1. The zero-order chi connectivity index (χ0) is 7.68. The molecule has 0 aromatic carbocycles. The van der Waals surface area contributed by atoms with E-state index in [2.05, 4.69) is 4.90 Å². The Morgan fingerprint density at radius 3 is 2.45 bits per heavy atom. The van der Waals surface area contributed by atoms with Crippen LogP contribution in [0.15, 0.2) is 0 Å². The lowest BCUT2D eigenvalue weighted by atomic mass is 10.1. The largest absolute Gasteiger partial charge is 0.396 e. The summed E-state index contributed by atoms with van der Waals surface area (Å²) in [4.78, 5) is 2.56. The van der Waals surface area contributed by atoms with Crippen LogP contribution >= 0.6 is 0 Å². The van der Waals surface area contributed by atoms with Crippen LogP contribution in [0.4, 0.5) is 0 Å². The van der Waals surface area contributed by atoms with Crippen molar-refractivity contribution in [1.29, 1.82) is 0 Å². The maximum absolute atomic E-state index is 8.88. The van der Waals surface area contributed by atoms with Crippen molar-refractivity contribution in [1.82, 2.24) is 4.90 Å². The molecule has 0 radical (unpaired) electrons. The van der Waals surface area contributed by atoms with E-state index < -0.39 is 0 Å². The number of nitrogens with zero attached hydrogens (tertiary/aromatic N) is 1. The highest BCUT2D eigenvalue weighted by Gasteiger charge is 2.40. The van der Waals surface area contributed by atoms with Crippen molar-refractivity contribution in [2.45, 2.75) is 31.7 Å². The van der Waals surface area contributed by atoms with Gasteiger partial charge in [-0.05, 0) is 38.3 Å². The molecule has 2 fully saturated rings. The fourth-order valence-corrected chi connectivity index (χ4v) is 2.13. The summed E-state index contributed by atoms with van der Waals surface area (Å²) in [5, 5.41) is 8.88. The second-order valence-corrected chi connectivity index (χ2v) is 3.84. The van der Waals surface area contributed by atoms with E-state index in [1.807, 2.05) is 0 Å². The maximum Gasteiger partial charge on any atom is 0.0474 e. The van der Waals surface area contributed by atoms with Gasteiger partial charge in [0.05, 0.1) is 0 Å². The van der Waals surface area contributed by atoms with Gasteiger partial charge in [-0.2, -0.15) is 0 Å². The highest BCUT2D eigenvalue weighted by atomic mass is 16.3. The molecular formula is C9H17NO. The Hall–Kier alpha value is -0.0800. The van der Waals surface area contributed by atoms with Crippen LogP contribution in [0.5, 0.6) is 0 Å². The molecule has 2 unspecified atom stereocenters. The van der Waals surface area contributed by atoms with Gasteiger partial charge in [-0.3, -0.25) is 0 Å². The summed E-state index contributed by atoms with van der Waals surface area (Å²) in [7, 11) is 0. The van der Waals surface area contributed by atoms with Crippen molar-refractivity contribution in [2.24, 2.45) is 5.92 Å². The highest BCUT2D eigenvalue weighted by molar-refractivity contribution is 4.95. The number of hydrogen-bond donors (Lipinski definition) is 1. The fraction of sp³-hybridized carbons (Fsp3) is 1.00. The second kappa shape index (κ2) is 3.11. The van der Waals surface area contributed by atoms with E-state index >= 15 is 0 Å². The van der Waals surface area contributed by atoms with Crippen molar-refractivity contribution in [3.8, 4) is 0 Å². The number of aliphatic hydroxyl groups excluding tert-OH is 1. The minimum absolute atomic E-state index is 0.404. The molecule has 2 atom stereocenters. The molecule has 1 aliphatic heterocycles. The summed E-state index contributed by atoms with van der Waals surface area (Å²) in [5.74, 6) is 0.619. The Bertz CT molecular complexity index is 132. The van der Waals surface area contributed by atoms with E-state index in [0.29, 0.717) is 12.5 Å². The molecule has 1 heterocycles. The summed E-state index contributed by atoms with van der Waals surface area (Å²) < 4.78 is 0. The first-order valence-electron chi connectivity index (χ1n) is 4.76. The molecule has 1 saturated heterocycles. The van der Waals surface area contributed by atoms with Crippen LogP contribution < -0.4 is 0 Å². The van der Waals surface area contributed by atoms with Gasteiger partial charge >= 0.3 is 0 Å². The molecule has 2 heteroatoms. The van der Waals surface area contributed by atoms with Gasteiger partial charge in [0.25, 0.3) is 0 Å². The van der Waals surface area contributed by atoms with E-state index in [9.17, 15) is 0 Å². The summed E-state index contributed by atoms with van der Waals surface area (Å²) in [6, 6.07) is 0.750. The molecular weight excluding hydrogens is 138 g/mol. The number of aliphatic hydroxyl groups is 1. The number of likely N-dealkylation sites (tertiary alicyclic amines) is 1. The van der Waals surface area contributed by atoms with E-state index in [1.165, 1.54) is 38.8 Å². The predicted molar refractivity (Wildman–Crippen MR) is 44.4 cm³/mol. The summed E-state index contributed by atoms with van der Waals surface area (Å²) in [6.45, 7) is 2.96. The average Bonchev–Trinajstić information content (AvgIpc) is 2.85. The van der Waals surface area contributed by atoms with E-state index in [0.717, 1.165) is 6.04 Å². The molecule has 0 aromatic rings. The number of rotatable bonds is 2. The predicted octanol–water partition coefficient (Wildman–Crippen LogP) is 0.853. The van der Waals surface area contributed by atoms with Gasteiger partial charge in [0.1, 0.15) is 0 Å². The molecule has 64 valence electrons. The van der Waals surface area contributed by atoms with Crippen molar-refractivity contribution >= 4 is 0 Å². The summed E-state index contributed by atoms with van der Waals surface area (Å²) in [5.41, 5.74) is 0. The third-order valence-corrected chi connectivity index (χ3v) is 2.98.